The third-order valence-electron chi connectivity index (χ3n) is 3.91. The maximum Gasteiger partial charge on any atom is 0.253 e. The second kappa shape index (κ2) is 6.03. The zero-order valence-electron chi connectivity index (χ0n) is 12.4. The molecular formula is C17H12BrClN4O. The van der Waals surface area contributed by atoms with E-state index in [1.807, 2.05) is 24.3 Å². The Morgan fingerprint density at radius 2 is 2.04 bits per heavy atom. The van der Waals surface area contributed by atoms with Crippen LogP contribution in [0.25, 0.3) is 22.8 Å². The molecule has 0 radical (unpaired) electrons. The van der Waals surface area contributed by atoms with Gasteiger partial charge in [0, 0.05) is 34.9 Å². The average molecular weight is 404 g/mol. The lowest BCUT2D eigenvalue weighted by molar-refractivity contribution is 0.0946. The van der Waals surface area contributed by atoms with Crippen LogP contribution in [0, 0.1) is 0 Å². The second-order valence-electron chi connectivity index (χ2n) is 5.47. The van der Waals surface area contributed by atoms with Gasteiger partial charge in [0.15, 0.2) is 5.82 Å². The van der Waals surface area contributed by atoms with Gasteiger partial charge in [-0.25, -0.2) is 9.97 Å². The Kier molecular flexibility index (Phi) is 3.86. The summed E-state index contributed by atoms with van der Waals surface area (Å²) in [5.74, 6) is 0.485. The number of aromatic nitrogens is 3. The van der Waals surface area contributed by atoms with E-state index in [4.69, 9.17) is 11.6 Å². The van der Waals surface area contributed by atoms with Crippen molar-refractivity contribution < 1.29 is 4.79 Å². The van der Waals surface area contributed by atoms with E-state index >= 15 is 0 Å². The molecular weight excluding hydrogens is 392 g/mol. The van der Waals surface area contributed by atoms with Crippen molar-refractivity contribution in [2.24, 2.45) is 0 Å². The van der Waals surface area contributed by atoms with Gasteiger partial charge in [0.25, 0.3) is 5.91 Å². The Hall–Kier alpha value is -2.18. The smallest absolute Gasteiger partial charge is 0.253 e. The Balaban J connectivity index is 1.78. The topological polar surface area (TPSA) is 70.7 Å². The Labute approximate surface area is 151 Å². The highest BCUT2D eigenvalue weighted by Crippen LogP contribution is 2.30. The summed E-state index contributed by atoms with van der Waals surface area (Å²) in [4.78, 5) is 24.1. The summed E-state index contributed by atoms with van der Waals surface area (Å²) in [6.07, 6.45) is 2.48. The summed E-state index contributed by atoms with van der Waals surface area (Å²) in [6.45, 7) is 0.647. The van der Waals surface area contributed by atoms with E-state index in [9.17, 15) is 4.79 Å². The van der Waals surface area contributed by atoms with E-state index in [-0.39, 0.29) is 5.91 Å². The lowest BCUT2D eigenvalue weighted by Gasteiger charge is -2.10. The number of rotatable bonds is 2. The van der Waals surface area contributed by atoms with Gasteiger partial charge in [-0.2, -0.15) is 0 Å². The zero-order chi connectivity index (χ0) is 16.7. The van der Waals surface area contributed by atoms with E-state index in [1.165, 1.54) is 0 Å². The lowest BCUT2D eigenvalue weighted by Crippen LogP contribution is -2.31. The summed E-state index contributed by atoms with van der Waals surface area (Å²) < 4.78 is 0.905. The third kappa shape index (κ3) is 2.72. The predicted molar refractivity (Wildman–Crippen MR) is 96.0 cm³/mol. The van der Waals surface area contributed by atoms with Crippen LogP contribution in [0.4, 0.5) is 0 Å². The van der Waals surface area contributed by atoms with Gasteiger partial charge in [-0.15, -0.1) is 0 Å². The lowest BCUT2D eigenvalue weighted by atomic mass is 10.1. The fourth-order valence-corrected chi connectivity index (χ4v) is 3.30. The van der Waals surface area contributed by atoms with E-state index in [0.29, 0.717) is 23.0 Å². The number of H-pyrrole nitrogens is 1. The summed E-state index contributed by atoms with van der Waals surface area (Å²) in [5.41, 5.74) is 3.89. The second-order valence-corrected chi connectivity index (χ2v) is 6.79. The van der Waals surface area contributed by atoms with Gasteiger partial charge in [0.1, 0.15) is 0 Å². The van der Waals surface area contributed by atoms with Crippen molar-refractivity contribution in [1.29, 1.82) is 0 Å². The van der Waals surface area contributed by atoms with Crippen molar-refractivity contribution >= 4 is 33.4 Å². The van der Waals surface area contributed by atoms with Crippen LogP contribution in [0.5, 0.6) is 0 Å². The number of aromatic amines is 1. The van der Waals surface area contributed by atoms with Gasteiger partial charge in [-0.1, -0.05) is 27.5 Å². The fourth-order valence-electron chi connectivity index (χ4n) is 2.74. The maximum absolute atomic E-state index is 11.9. The fraction of sp³-hybridized carbons (Fsp3) is 0.118. The molecule has 1 aromatic carbocycles. The van der Waals surface area contributed by atoms with E-state index < -0.39 is 0 Å². The molecule has 4 rings (SSSR count). The van der Waals surface area contributed by atoms with Gasteiger partial charge in [-0.3, -0.25) is 4.79 Å². The molecule has 3 aromatic rings. The number of fused-ring (bicyclic) bond motifs is 1. The Bertz CT molecular complexity index is 954. The quantitative estimate of drug-likeness (QED) is 0.683. The summed E-state index contributed by atoms with van der Waals surface area (Å²) in [6, 6.07) is 9.19. The molecule has 0 atom stereocenters. The molecule has 7 heteroatoms. The highest BCUT2D eigenvalue weighted by atomic mass is 79.9. The largest absolute Gasteiger partial charge is 0.356 e. The van der Waals surface area contributed by atoms with Crippen molar-refractivity contribution in [3.05, 3.63) is 57.3 Å². The minimum Gasteiger partial charge on any atom is -0.356 e. The van der Waals surface area contributed by atoms with Crippen LogP contribution in [-0.2, 0) is 6.42 Å². The standard InChI is InChI=1S/C17H12BrClN4O/c18-9-1-2-12(19)10(7-9)16-20-5-4-14(23-16)15-8-11-13(22-15)3-6-21-17(11)24/h1-2,4-5,7-8,22H,3,6H2,(H,21,24). The molecule has 0 saturated carbocycles. The number of hydrogen-bond acceptors (Lipinski definition) is 3. The average Bonchev–Trinajstić information content (AvgIpc) is 3.03. The van der Waals surface area contributed by atoms with Crippen LogP contribution >= 0.6 is 27.5 Å². The molecule has 1 aliphatic rings. The number of amides is 1. The van der Waals surface area contributed by atoms with Gasteiger partial charge < -0.3 is 10.3 Å². The number of halogens is 2. The van der Waals surface area contributed by atoms with Crippen molar-refractivity contribution in [3.8, 4) is 22.8 Å². The predicted octanol–water partition coefficient (Wildman–Crippen LogP) is 3.84. The molecule has 1 amide bonds. The van der Waals surface area contributed by atoms with Crippen molar-refractivity contribution in [1.82, 2.24) is 20.3 Å². The van der Waals surface area contributed by atoms with E-state index in [0.717, 1.165) is 33.5 Å². The van der Waals surface area contributed by atoms with Crippen LogP contribution in [0.2, 0.25) is 5.02 Å². The first kappa shape index (κ1) is 15.4. The minimum atomic E-state index is -0.0527. The third-order valence-corrected chi connectivity index (χ3v) is 4.73. The molecule has 5 nitrogen and oxygen atoms in total. The highest BCUT2D eigenvalue weighted by molar-refractivity contribution is 9.10. The first-order valence-electron chi connectivity index (χ1n) is 7.41. The molecule has 24 heavy (non-hydrogen) atoms. The first-order valence-corrected chi connectivity index (χ1v) is 8.58. The molecule has 0 spiro atoms. The number of carbonyl (C=O) groups excluding carboxylic acids is 1. The SMILES string of the molecule is O=C1NCCc2[nH]c(-c3ccnc(-c4cc(Br)ccc4Cl)n3)cc21. The van der Waals surface area contributed by atoms with E-state index in [1.54, 1.807) is 12.3 Å². The number of hydrogen-bond donors (Lipinski definition) is 2. The first-order chi connectivity index (χ1) is 11.6. The summed E-state index contributed by atoms with van der Waals surface area (Å²) in [7, 11) is 0. The molecule has 0 aliphatic carbocycles. The minimum absolute atomic E-state index is 0.0527. The van der Waals surface area contributed by atoms with E-state index in [2.05, 4.69) is 36.2 Å². The van der Waals surface area contributed by atoms with Crippen molar-refractivity contribution in [2.45, 2.75) is 6.42 Å². The number of nitrogens with one attached hydrogen (secondary N) is 2. The van der Waals surface area contributed by atoms with Crippen molar-refractivity contribution in [3.63, 3.8) is 0 Å². The number of nitrogens with zero attached hydrogens (tertiary/aromatic N) is 2. The van der Waals surface area contributed by atoms with Crippen LogP contribution < -0.4 is 5.32 Å². The Morgan fingerprint density at radius 1 is 1.17 bits per heavy atom. The van der Waals surface area contributed by atoms with Gasteiger partial charge in [0.2, 0.25) is 0 Å². The van der Waals surface area contributed by atoms with Crippen LogP contribution in [-0.4, -0.2) is 27.4 Å². The normalized spacial score (nSPS) is 13.5. The molecule has 2 N–H and O–H groups in total. The molecule has 0 saturated heterocycles. The highest BCUT2D eigenvalue weighted by Gasteiger charge is 2.20. The zero-order valence-corrected chi connectivity index (χ0v) is 14.8. The molecule has 1 aliphatic heterocycles. The molecule has 120 valence electrons. The van der Waals surface area contributed by atoms with Crippen molar-refractivity contribution in [2.75, 3.05) is 6.54 Å². The maximum atomic E-state index is 11.9. The van der Waals surface area contributed by atoms with Gasteiger partial charge in [-0.05, 0) is 30.3 Å². The monoisotopic (exact) mass is 402 g/mol. The van der Waals surface area contributed by atoms with Gasteiger partial charge >= 0.3 is 0 Å². The van der Waals surface area contributed by atoms with Crippen LogP contribution in [0.1, 0.15) is 16.1 Å². The Morgan fingerprint density at radius 3 is 2.88 bits per heavy atom. The van der Waals surface area contributed by atoms with Gasteiger partial charge in [0.05, 0.1) is 22.0 Å². The number of carbonyl (C=O) groups is 1. The number of benzene rings is 1. The summed E-state index contributed by atoms with van der Waals surface area (Å²) in [5, 5.41) is 3.42. The van der Waals surface area contributed by atoms with Crippen LogP contribution in [0.3, 0.4) is 0 Å². The molecule has 0 unspecified atom stereocenters. The molecule has 0 bridgehead atoms. The van der Waals surface area contributed by atoms with Crippen LogP contribution in [0.15, 0.2) is 41.0 Å². The molecule has 2 aromatic heterocycles. The summed E-state index contributed by atoms with van der Waals surface area (Å²) >= 11 is 9.71. The molecule has 3 heterocycles. The molecule has 0 fully saturated rings.